The Morgan fingerprint density at radius 3 is 2.64 bits per heavy atom. The highest BCUT2D eigenvalue weighted by Crippen LogP contribution is 2.30. The summed E-state index contributed by atoms with van der Waals surface area (Å²) < 4.78 is 0. The first kappa shape index (κ1) is 16.8. The molecule has 4 nitrogen and oxygen atoms in total. The first-order valence-corrected chi connectivity index (χ1v) is 8.10. The molecule has 0 aliphatic carbocycles. The van der Waals surface area contributed by atoms with E-state index in [1.165, 1.54) is 0 Å². The smallest absolute Gasteiger partial charge is 0.251 e. The maximum absolute atomic E-state index is 12.3. The van der Waals surface area contributed by atoms with Crippen LogP contribution < -0.4 is 10.2 Å². The summed E-state index contributed by atoms with van der Waals surface area (Å²) in [6.07, 6.45) is 2.77. The lowest BCUT2D eigenvalue weighted by Crippen LogP contribution is -2.44. The van der Waals surface area contributed by atoms with Gasteiger partial charge in [0.1, 0.15) is 0 Å². The van der Waals surface area contributed by atoms with Crippen LogP contribution in [0.2, 0.25) is 5.02 Å². The van der Waals surface area contributed by atoms with E-state index in [1.54, 1.807) is 0 Å². The minimum Gasteiger partial charge on any atom is -0.367 e. The predicted octanol–water partition coefficient (Wildman–Crippen LogP) is 3.39. The van der Waals surface area contributed by atoms with Crippen LogP contribution >= 0.6 is 11.6 Å². The first-order valence-electron chi connectivity index (χ1n) is 7.72. The Bertz CT molecular complexity index is 563. The van der Waals surface area contributed by atoms with Crippen LogP contribution in [0.3, 0.4) is 0 Å². The van der Waals surface area contributed by atoms with Gasteiger partial charge < -0.3 is 15.1 Å². The number of nitrogens with zero attached hydrogens (tertiary/aromatic N) is 2. The third kappa shape index (κ3) is 4.24. The zero-order valence-corrected chi connectivity index (χ0v) is 14.3. The van der Waals surface area contributed by atoms with Gasteiger partial charge in [-0.2, -0.15) is 0 Å². The third-order valence-corrected chi connectivity index (χ3v) is 4.15. The summed E-state index contributed by atoms with van der Waals surface area (Å²) in [5.74, 6) is -0.0699. The number of amides is 1. The Morgan fingerprint density at radius 2 is 2.00 bits per heavy atom. The molecule has 1 amide bonds. The molecular formula is C17H24ClN3O. The zero-order valence-electron chi connectivity index (χ0n) is 13.5. The van der Waals surface area contributed by atoms with E-state index >= 15 is 0 Å². The Labute approximate surface area is 137 Å². The van der Waals surface area contributed by atoms with Crippen LogP contribution in [0.15, 0.2) is 29.8 Å². The number of hydrogen-bond donors (Lipinski definition) is 1. The molecule has 22 heavy (non-hydrogen) atoms. The largest absolute Gasteiger partial charge is 0.367 e. The number of anilines is 2. The van der Waals surface area contributed by atoms with Crippen LogP contribution in [0.1, 0.15) is 20.3 Å². The number of rotatable bonds is 4. The van der Waals surface area contributed by atoms with E-state index in [4.69, 9.17) is 11.6 Å². The molecule has 1 fully saturated rings. The van der Waals surface area contributed by atoms with Crippen LogP contribution in [0, 0.1) is 0 Å². The summed E-state index contributed by atoms with van der Waals surface area (Å²) in [5.41, 5.74) is 2.55. The second-order valence-corrected chi connectivity index (χ2v) is 6.14. The molecule has 1 aromatic rings. The van der Waals surface area contributed by atoms with Gasteiger partial charge in [-0.15, -0.1) is 0 Å². The van der Waals surface area contributed by atoms with Crippen LogP contribution in [0.4, 0.5) is 11.4 Å². The molecule has 1 saturated heterocycles. The van der Waals surface area contributed by atoms with E-state index in [9.17, 15) is 4.79 Å². The Hall–Kier alpha value is -1.52. The summed E-state index contributed by atoms with van der Waals surface area (Å²) in [7, 11) is 2.13. The number of hydrogen-bond acceptors (Lipinski definition) is 3. The lowest BCUT2D eigenvalue weighted by Gasteiger charge is -2.35. The Morgan fingerprint density at radius 1 is 1.32 bits per heavy atom. The van der Waals surface area contributed by atoms with Gasteiger partial charge in [0, 0.05) is 36.8 Å². The van der Waals surface area contributed by atoms with Gasteiger partial charge in [-0.05, 0) is 38.6 Å². The molecular weight excluding hydrogens is 298 g/mol. The highest BCUT2D eigenvalue weighted by atomic mass is 35.5. The van der Waals surface area contributed by atoms with Crippen molar-refractivity contribution in [3.8, 4) is 0 Å². The molecule has 0 unspecified atom stereocenters. The molecule has 0 radical (unpaired) electrons. The van der Waals surface area contributed by atoms with Crippen molar-refractivity contribution in [2.45, 2.75) is 20.3 Å². The summed E-state index contributed by atoms with van der Waals surface area (Å²) in [6, 6.07) is 5.69. The molecule has 0 aromatic heterocycles. The van der Waals surface area contributed by atoms with Crippen molar-refractivity contribution in [1.82, 2.24) is 4.90 Å². The molecule has 1 N–H and O–H groups in total. The van der Waals surface area contributed by atoms with Crippen molar-refractivity contribution >= 4 is 28.9 Å². The Balaban J connectivity index is 2.21. The van der Waals surface area contributed by atoms with Gasteiger partial charge in [-0.1, -0.05) is 24.6 Å². The van der Waals surface area contributed by atoms with Crippen LogP contribution in [0.5, 0.6) is 0 Å². The zero-order chi connectivity index (χ0) is 16.1. The van der Waals surface area contributed by atoms with E-state index in [2.05, 4.69) is 22.2 Å². The van der Waals surface area contributed by atoms with Gasteiger partial charge in [-0.3, -0.25) is 4.79 Å². The van der Waals surface area contributed by atoms with E-state index in [1.807, 2.05) is 38.1 Å². The number of allylic oxidation sites excluding steroid dienone is 1. The molecule has 1 heterocycles. The average Bonchev–Trinajstić information content (AvgIpc) is 2.49. The van der Waals surface area contributed by atoms with E-state index in [-0.39, 0.29) is 5.91 Å². The molecule has 1 aromatic carbocycles. The van der Waals surface area contributed by atoms with Crippen LogP contribution in [0.25, 0.3) is 0 Å². The van der Waals surface area contributed by atoms with Gasteiger partial charge in [-0.25, -0.2) is 0 Å². The minimum absolute atomic E-state index is 0.0699. The van der Waals surface area contributed by atoms with Crippen molar-refractivity contribution in [2.24, 2.45) is 0 Å². The number of carbonyl (C=O) groups is 1. The maximum atomic E-state index is 12.3. The monoisotopic (exact) mass is 321 g/mol. The second-order valence-electron chi connectivity index (χ2n) is 5.70. The van der Waals surface area contributed by atoms with Gasteiger partial charge in [0.25, 0.3) is 5.91 Å². The van der Waals surface area contributed by atoms with Crippen molar-refractivity contribution in [3.63, 3.8) is 0 Å². The lowest BCUT2D eigenvalue weighted by atomic mass is 10.2. The van der Waals surface area contributed by atoms with Gasteiger partial charge in [0.2, 0.25) is 0 Å². The number of likely N-dealkylation sites (N-methyl/N-ethyl adjacent to an activating group) is 1. The molecule has 0 bridgehead atoms. The lowest BCUT2D eigenvalue weighted by molar-refractivity contribution is -0.112. The predicted molar refractivity (Wildman–Crippen MR) is 93.8 cm³/mol. The van der Waals surface area contributed by atoms with Crippen molar-refractivity contribution in [3.05, 3.63) is 34.9 Å². The highest BCUT2D eigenvalue weighted by molar-refractivity contribution is 6.31. The van der Waals surface area contributed by atoms with Gasteiger partial charge >= 0.3 is 0 Å². The molecule has 0 spiro atoms. The van der Waals surface area contributed by atoms with E-state index in [0.29, 0.717) is 5.02 Å². The molecule has 2 rings (SSSR count). The van der Waals surface area contributed by atoms with Crippen molar-refractivity contribution < 1.29 is 4.79 Å². The number of nitrogens with one attached hydrogen (secondary N) is 1. The average molecular weight is 322 g/mol. The Kier molecular flexibility index (Phi) is 5.86. The molecule has 0 saturated carbocycles. The SMILES string of the molecule is CC/C=C(/C)C(=O)Nc1cc(Cl)ccc1N1CCN(C)CC1. The van der Waals surface area contributed by atoms with Crippen LogP contribution in [-0.4, -0.2) is 44.0 Å². The van der Waals surface area contributed by atoms with Gasteiger partial charge in [0.15, 0.2) is 0 Å². The quantitative estimate of drug-likeness (QED) is 0.863. The standard InChI is InChI=1S/C17H24ClN3O/c1-4-5-13(2)17(22)19-15-12-14(18)6-7-16(15)21-10-8-20(3)9-11-21/h5-7,12H,4,8-11H2,1-3H3,(H,19,22)/b13-5-. The van der Waals surface area contributed by atoms with E-state index < -0.39 is 0 Å². The number of piperazine rings is 1. The third-order valence-electron chi connectivity index (χ3n) is 3.92. The summed E-state index contributed by atoms with van der Waals surface area (Å²) in [4.78, 5) is 16.9. The first-order chi connectivity index (χ1) is 10.5. The fourth-order valence-corrected chi connectivity index (χ4v) is 2.72. The summed E-state index contributed by atoms with van der Waals surface area (Å²) in [5, 5.41) is 3.63. The van der Waals surface area contributed by atoms with Crippen molar-refractivity contribution in [2.75, 3.05) is 43.4 Å². The maximum Gasteiger partial charge on any atom is 0.251 e. The van der Waals surface area contributed by atoms with Crippen molar-refractivity contribution in [1.29, 1.82) is 0 Å². The minimum atomic E-state index is -0.0699. The molecule has 1 aliphatic rings. The summed E-state index contributed by atoms with van der Waals surface area (Å²) >= 11 is 6.11. The molecule has 5 heteroatoms. The molecule has 120 valence electrons. The summed E-state index contributed by atoms with van der Waals surface area (Å²) in [6.45, 7) is 7.79. The van der Waals surface area contributed by atoms with Gasteiger partial charge in [0.05, 0.1) is 11.4 Å². The topological polar surface area (TPSA) is 35.6 Å². The van der Waals surface area contributed by atoms with Crippen LogP contribution in [-0.2, 0) is 4.79 Å². The fourth-order valence-electron chi connectivity index (χ4n) is 2.55. The fraction of sp³-hybridized carbons (Fsp3) is 0.471. The highest BCUT2D eigenvalue weighted by Gasteiger charge is 2.18. The number of benzene rings is 1. The molecule has 1 aliphatic heterocycles. The second kappa shape index (κ2) is 7.65. The number of halogens is 1. The molecule has 0 atom stereocenters. The van der Waals surface area contributed by atoms with E-state index in [0.717, 1.165) is 49.5 Å². The normalized spacial score (nSPS) is 16.7. The number of carbonyl (C=O) groups excluding carboxylic acids is 1.